The molecule has 0 radical (unpaired) electrons. The third kappa shape index (κ3) is 48.8. The smallest absolute Gasteiger partial charge is 0.305 e. The Morgan fingerprint density at radius 3 is 1.21 bits per heavy atom. The van der Waals surface area contributed by atoms with E-state index < -0.39 is 49.5 Å². The van der Waals surface area contributed by atoms with Crippen LogP contribution in [0.5, 0.6) is 0 Å². The molecule has 1 rings (SSSR count). The van der Waals surface area contributed by atoms with Crippen molar-refractivity contribution < 1.29 is 49.3 Å². The van der Waals surface area contributed by atoms with Crippen LogP contribution >= 0.6 is 0 Å². The lowest BCUT2D eigenvalue weighted by Gasteiger charge is -2.40. The van der Waals surface area contributed by atoms with Crippen molar-refractivity contribution in [2.45, 2.75) is 378 Å². The molecule has 1 aliphatic rings. The molecule has 0 aromatic carbocycles. The summed E-state index contributed by atoms with van der Waals surface area (Å²) in [6, 6.07) is -0.831. The molecular formula is C70H131NO10. The first-order valence-electron chi connectivity index (χ1n) is 34.8. The van der Waals surface area contributed by atoms with Gasteiger partial charge in [0.05, 0.1) is 32.0 Å². The molecule has 0 saturated carbocycles. The summed E-state index contributed by atoms with van der Waals surface area (Å²) in [4.78, 5) is 25.1. The van der Waals surface area contributed by atoms with Gasteiger partial charge in [-0.05, 0) is 51.4 Å². The van der Waals surface area contributed by atoms with Crippen LogP contribution in [0, 0.1) is 0 Å². The molecule has 0 aromatic rings. The Labute approximate surface area is 498 Å². The van der Waals surface area contributed by atoms with E-state index in [2.05, 4.69) is 43.5 Å². The van der Waals surface area contributed by atoms with E-state index >= 15 is 0 Å². The molecule has 11 heteroatoms. The van der Waals surface area contributed by atoms with E-state index in [4.69, 9.17) is 14.2 Å². The maximum absolute atomic E-state index is 13.0. The zero-order chi connectivity index (χ0) is 58.7. The number of hydrogen-bond acceptors (Lipinski definition) is 10. The van der Waals surface area contributed by atoms with E-state index in [9.17, 15) is 35.1 Å². The summed E-state index contributed by atoms with van der Waals surface area (Å²) in [5.74, 6) is -0.181. The first-order valence-corrected chi connectivity index (χ1v) is 34.8. The molecule has 0 aromatic heterocycles. The fourth-order valence-electron chi connectivity index (χ4n) is 11.0. The van der Waals surface area contributed by atoms with Crippen LogP contribution in [-0.4, -0.2) is 100 Å². The third-order valence-electron chi connectivity index (χ3n) is 16.5. The fraction of sp³-hybridized carbons (Fsp3) is 0.886. The van der Waals surface area contributed by atoms with E-state index in [1.54, 1.807) is 6.08 Å². The molecule has 1 amide bonds. The van der Waals surface area contributed by atoms with Crippen LogP contribution in [0.2, 0.25) is 0 Å². The van der Waals surface area contributed by atoms with Gasteiger partial charge in [0.25, 0.3) is 0 Å². The average Bonchev–Trinajstić information content (AvgIpc) is 3.46. The predicted octanol–water partition coefficient (Wildman–Crippen LogP) is 17.4. The highest BCUT2D eigenvalue weighted by Gasteiger charge is 2.44. The Morgan fingerprint density at radius 2 is 0.802 bits per heavy atom. The molecule has 476 valence electrons. The maximum atomic E-state index is 13.0. The third-order valence-corrected chi connectivity index (χ3v) is 16.5. The van der Waals surface area contributed by atoms with Crippen molar-refractivity contribution in [1.82, 2.24) is 5.32 Å². The number of aliphatic hydroxyl groups is 5. The number of aliphatic hydroxyl groups excluding tert-OH is 5. The standard InChI is InChI=1S/C70H131NO10/c1-3-5-7-9-11-13-15-37-40-44-48-52-56-63(73)62(61-80-70-69(78)68(77)67(76)64(60-72)81-70)71-65(74)57-53-49-45-41-38-34-32-30-28-26-24-22-20-18-16-17-19-21-23-25-27-29-31-33-35-39-43-47-51-55-59-79-66(75)58-54-50-46-42-36-14-12-10-8-6-4-2/h9,11,37,40,52,56,62-64,67-70,72-73,76-78H,3-8,10,12-36,38-39,41-51,53-55,57-61H2,1-2H3,(H,71,74)/b11-9+,40-37+,56-52+. The van der Waals surface area contributed by atoms with Crippen molar-refractivity contribution in [1.29, 1.82) is 0 Å². The first-order chi connectivity index (χ1) is 39.7. The second-order valence-corrected chi connectivity index (χ2v) is 24.2. The number of rotatable bonds is 61. The minimum absolute atomic E-state index is 0.0113. The molecule has 81 heavy (non-hydrogen) atoms. The summed E-state index contributed by atoms with van der Waals surface area (Å²) in [6.45, 7) is 4.30. The molecule has 7 atom stereocenters. The maximum Gasteiger partial charge on any atom is 0.305 e. The Balaban J connectivity index is 1.95. The van der Waals surface area contributed by atoms with E-state index in [0.717, 1.165) is 64.2 Å². The zero-order valence-corrected chi connectivity index (χ0v) is 52.8. The SMILES string of the molecule is CCCC/C=C/CC/C=C/CC/C=C/C(O)C(COC1OC(CO)C(O)C(O)C1O)NC(=O)CCCCCCCCCCCCCCCCCCCCCCCCCCCCCCCCOC(=O)CCCCCCCCCCCCC. The summed E-state index contributed by atoms with van der Waals surface area (Å²) in [5, 5.41) is 54.4. The molecular weight excluding hydrogens is 1010 g/mol. The lowest BCUT2D eigenvalue weighted by Crippen LogP contribution is -2.60. The quantitative estimate of drug-likeness (QED) is 0.0195. The van der Waals surface area contributed by atoms with Crippen LogP contribution in [0.4, 0.5) is 0 Å². The van der Waals surface area contributed by atoms with Crippen molar-refractivity contribution in [2.24, 2.45) is 0 Å². The number of hydrogen-bond donors (Lipinski definition) is 6. The fourth-order valence-corrected chi connectivity index (χ4v) is 11.0. The summed E-state index contributed by atoms with van der Waals surface area (Å²) < 4.78 is 16.7. The summed E-state index contributed by atoms with van der Waals surface area (Å²) in [6.07, 6.45) is 65.7. The number of esters is 1. The summed E-state index contributed by atoms with van der Waals surface area (Å²) in [7, 11) is 0. The minimum atomic E-state index is -1.58. The molecule has 7 unspecified atom stereocenters. The first kappa shape index (κ1) is 76.9. The number of nitrogens with one attached hydrogen (secondary N) is 1. The molecule has 11 nitrogen and oxygen atoms in total. The second kappa shape index (κ2) is 59.6. The van der Waals surface area contributed by atoms with E-state index in [0.29, 0.717) is 19.4 Å². The Morgan fingerprint density at radius 1 is 0.444 bits per heavy atom. The van der Waals surface area contributed by atoms with Crippen LogP contribution in [-0.2, 0) is 23.8 Å². The van der Waals surface area contributed by atoms with Crippen LogP contribution in [0.15, 0.2) is 36.5 Å². The Kier molecular flexibility index (Phi) is 56.6. The van der Waals surface area contributed by atoms with Gasteiger partial charge in [-0.2, -0.15) is 0 Å². The van der Waals surface area contributed by atoms with Crippen molar-refractivity contribution >= 4 is 11.9 Å². The van der Waals surface area contributed by atoms with Crippen LogP contribution in [0.25, 0.3) is 0 Å². The summed E-state index contributed by atoms with van der Waals surface area (Å²) >= 11 is 0. The van der Waals surface area contributed by atoms with Crippen LogP contribution in [0.1, 0.15) is 335 Å². The van der Waals surface area contributed by atoms with E-state index in [1.165, 1.54) is 244 Å². The molecule has 1 saturated heterocycles. The molecule has 0 bridgehead atoms. The number of ether oxygens (including phenoxy) is 3. The van der Waals surface area contributed by atoms with Gasteiger partial charge in [-0.15, -0.1) is 0 Å². The van der Waals surface area contributed by atoms with E-state index in [-0.39, 0.29) is 18.5 Å². The minimum Gasteiger partial charge on any atom is -0.466 e. The van der Waals surface area contributed by atoms with Gasteiger partial charge < -0.3 is 45.1 Å². The van der Waals surface area contributed by atoms with Gasteiger partial charge in [-0.25, -0.2) is 0 Å². The molecule has 0 spiro atoms. The normalized spacial score (nSPS) is 18.4. The Hall–Kier alpha value is -2.12. The van der Waals surface area contributed by atoms with Gasteiger partial charge in [-0.3, -0.25) is 9.59 Å². The van der Waals surface area contributed by atoms with E-state index in [1.807, 2.05) is 6.08 Å². The highest BCUT2D eigenvalue weighted by Crippen LogP contribution is 2.23. The number of unbranched alkanes of at least 4 members (excludes halogenated alkanes) is 43. The molecule has 1 heterocycles. The van der Waals surface area contributed by atoms with Crippen molar-refractivity contribution in [3.05, 3.63) is 36.5 Å². The van der Waals surface area contributed by atoms with Crippen molar-refractivity contribution in [3.8, 4) is 0 Å². The molecule has 0 aliphatic carbocycles. The van der Waals surface area contributed by atoms with Gasteiger partial charge in [0, 0.05) is 12.8 Å². The van der Waals surface area contributed by atoms with Gasteiger partial charge in [0.15, 0.2) is 6.29 Å². The number of carbonyl (C=O) groups excluding carboxylic acids is 2. The van der Waals surface area contributed by atoms with Crippen LogP contribution in [0.3, 0.4) is 0 Å². The van der Waals surface area contributed by atoms with Gasteiger partial charge in [0.1, 0.15) is 24.4 Å². The summed E-state index contributed by atoms with van der Waals surface area (Å²) in [5.41, 5.74) is 0. The number of carbonyl (C=O) groups is 2. The average molecular weight is 1150 g/mol. The predicted molar refractivity (Wildman–Crippen MR) is 338 cm³/mol. The van der Waals surface area contributed by atoms with Crippen molar-refractivity contribution in [2.75, 3.05) is 19.8 Å². The molecule has 1 aliphatic heterocycles. The lowest BCUT2D eigenvalue weighted by atomic mass is 9.99. The largest absolute Gasteiger partial charge is 0.466 e. The molecule has 1 fully saturated rings. The van der Waals surface area contributed by atoms with Gasteiger partial charge in [-0.1, -0.05) is 307 Å². The van der Waals surface area contributed by atoms with Crippen molar-refractivity contribution in [3.63, 3.8) is 0 Å². The lowest BCUT2D eigenvalue weighted by molar-refractivity contribution is -0.302. The monoisotopic (exact) mass is 1150 g/mol. The number of allylic oxidation sites excluding steroid dienone is 5. The highest BCUT2D eigenvalue weighted by molar-refractivity contribution is 5.76. The van der Waals surface area contributed by atoms with Gasteiger partial charge in [0.2, 0.25) is 5.91 Å². The number of amides is 1. The Bertz CT molecular complexity index is 1440. The zero-order valence-electron chi connectivity index (χ0n) is 52.8. The van der Waals surface area contributed by atoms with Crippen LogP contribution < -0.4 is 5.32 Å². The molecule has 6 N–H and O–H groups in total. The van der Waals surface area contributed by atoms with Gasteiger partial charge >= 0.3 is 5.97 Å². The second-order valence-electron chi connectivity index (χ2n) is 24.2. The topological polar surface area (TPSA) is 175 Å². The highest BCUT2D eigenvalue weighted by atomic mass is 16.7.